The SMILES string of the molecule is C=CC1CCC(C2CCC(C=CC3CCC(c4ccc(CCC)cc4)CC3)CC2)CC1. The van der Waals surface area contributed by atoms with Crippen LogP contribution < -0.4 is 0 Å². The van der Waals surface area contributed by atoms with Crippen LogP contribution in [0, 0.1) is 29.6 Å². The van der Waals surface area contributed by atoms with Crippen LogP contribution in [0.25, 0.3) is 0 Å². The molecule has 1 aromatic rings. The fourth-order valence-electron chi connectivity index (χ4n) is 6.87. The van der Waals surface area contributed by atoms with Crippen molar-refractivity contribution in [3.63, 3.8) is 0 Å². The molecule has 0 unspecified atom stereocenters. The minimum atomic E-state index is 0.798. The molecule has 0 saturated heterocycles. The second kappa shape index (κ2) is 11.5. The summed E-state index contributed by atoms with van der Waals surface area (Å²) in [6.45, 7) is 6.28. The Hall–Kier alpha value is -1.30. The van der Waals surface area contributed by atoms with Gasteiger partial charge in [-0.2, -0.15) is 0 Å². The van der Waals surface area contributed by atoms with Gasteiger partial charge in [0.25, 0.3) is 0 Å². The van der Waals surface area contributed by atoms with Gasteiger partial charge in [0.15, 0.2) is 0 Å². The normalized spacial score (nSPS) is 34.6. The second-order valence-corrected chi connectivity index (χ2v) is 11.1. The standard InChI is InChI=1S/C31H46/c1-3-5-25-10-18-29(19-11-25)31-22-14-27(15-23-31)7-6-26-12-20-30(21-13-26)28-16-8-24(4-2)9-17-28/h4,6-7,10-11,18-19,24,26-28,30-31H,2-3,5,8-9,12-17,20-23H2,1H3. The van der Waals surface area contributed by atoms with Crippen LogP contribution in [0.15, 0.2) is 49.1 Å². The third-order valence-electron chi connectivity index (χ3n) is 9.05. The number of hydrogen-bond donors (Lipinski definition) is 0. The molecule has 0 nitrogen and oxygen atoms in total. The maximum Gasteiger partial charge on any atom is -0.0162 e. The van der Waals surface area contributed by atoms with Crippen LogP contribution in [0.3, 0.4) is 0 Å². The van der Waals surface area contributed by atoms with Gasteiger partial charge in [0.05, 0.1) is 0 Å². The van der Waals surface area contributed by atoms with E-state index in [-0.39, 0.29) is 0 Å². The van der Waals surface area contributed by atoms with E-state index in [0.29, 0.717) is 0 Å². The van der Waals surface area contributed by atoms with Crippen molar-refractivity contribution in [1.29, 1.82) is 0 Å². The van der Waals surface area contributed by atoms with Crippen molar-refractivity contribution >= 4 is 0 Å². The van der Waals surface area contributed by atoms with Crippen LogP contribution in [0.1, 0.15) is 107 Å². The summed E-state index contributed by atoms with van der Waals surface area (Å²) in [6, 6.07) is 9.56. The second-order valence-electron chi connectivity index (χ2n) is 11.1. The lowest BCUT2D eigenvalue weighted by atomic mass is 9.69. The molecule has 4 rings (SSSR count). The van der Waals surface area contributed by atoms with E-state index in [1.54, 1.807) is 5.56 Å². The molecule has 170 valence electrons. The van der Waals surface area contributed by atoms with Crippen LogP contribution in [0.5, 0.6) is 0 Å². The monoisotopic (exact) mass is 418 g/mol. The Kier molecular flexibility index (Phi) is 8.51. The lowest BCUT2D eigenvalue weighted by Gasteiger charge is -2.37. The molecule has 0 N–H and O–H groups in total. The average molecular weight is 419 g/mol. The lowest BCUT2D eigenvalue weighted by molar-refractivity contribution is 0.166. The van der Waals surface area contributed by atoms with Gasteiger partial charge in [-0.05, 0) is 130 Å². The van der Waals surface area contributed by atoms with Crippen molar-refractivity contribution in [2.45, 2.75) is 103 Å². The zero-order valence-electron chi connectivity index (χ0n) is 20.1. The summed E-state index contributed by atoms with van der Waals surface area (Å²) in [5, 5.41) is 0. The zero-order chi connectivity index (χ0) is 21.5. The third-order valence-corrected chi connectivity index (χ3v) is 9.05. The fourth-order valence-corrected chi connectivity index (χ4v) is 6.87. The van der Waals surface area contributed by atoms with Crippen LogP contribution >= 0.6 is 0 Å². The quantitative estimate of drug-likeness (QED) is 0.387. The Morgan fingerprint density at radius 2 is 1.16 bits per heavy atom. The summed E-state index contributed by atoms with van der Waals surface area (Å²) >= 11 is 0. The maximum absolute atomic E-state index is 4.01. The molecular weight excluding hydrogens is 372 g/mol. The summed E-state index contributed by atoms with van der Waals surface area (Å²) in [6.07, 6.45) is 27.1. The van der Waals surface area contributed by atoms with Crippen LogP contribution in [0.4, 0.5) is 0 Å². The molecule has 0 atom stereocenters. The van der Waals surface area contributed by atoms with E-state index >= 15 is 0 Å². The topological polar surface area (TPSA) is 0 Å². The molecule has 3 aliphatic rings. The number of allylic oxidation sites excluding steroid dienone is 3. The molecule has 3 fully saturated rings. The van der Waals surface area contributed by atoms with Gasteiger partial charge in [-0.1, -0.05) is 55.8 Å². The molecule has 0 heteroatoms. The molecule has 3 aliphatic carbocycles. The largest absolute Gasteiger partial charge is 0.103 e. The first-order chi connectivity index (χ1) is 15.2. The van der Waals surface area contributed by atoms with Crippen molar-refractivity contribution in [2.75, 3.05) is 0 Å². The summed E-state index contributed by atoms with van der Waals surface area (Å²) in [5.74, 6) is 5.35. The highest BCUT2D eigenvalue weighted by Crippen LogP contribution is 2.42. The minimum Gasteiger partial charge on any atom is -0.103 e. The summed E-state index contributed by atoms with van der Waals surface area (Å²) in [7, 11) is 0. The number of benzene rings is 1. The Balaban J connectivity index is 1.17. The van der Waals surface area contributed by atoms with Crippen LogP contribution in [-0.4, -0.2) is 0 Å². The van der Waals surface area contributed by atoms with Gasteiger partial charge in [0, 0.05) is 0 Å². The molecule has 31 heavy (non-hydrogen) atoms. The number of aryl methyl sites for hydroxylation is 1. The molecule has 0 amide bonds. The first-order valence-electron chi connectivity index (χ1n) is 13.6. The Labute approximate surface area is 192 Å². The molecule has 0 spiro atoms. The van der Waals surface area contributed by atoms with E-state index in [2.05, 4.69) is 56.0 Å². The number of rotatable bonds is 7. The molecule has 0 heterocycles. The predicted molar refractivity (Wildman–Crippen MR) is 135 cm³/mol. The van der Waals surface area contributed by atoms with Gasteiger partial charge >= 0.3 is 0 Å². The van der Waals surface area contributed by atoms with Gasteiger partial charge in [-0.3, -0.25) is 0 Å². The predicted octanol–water partition coefficient (Wildman–Crippen LogP) is 9.27. The van der Waals surface area contributed by atoms with Gasteiger partial charge in [-0.25, -0.2) is 0 Å². The van der Waals surface area contributed by atoms with E-state index < -0.39 is 0 Å². The molecule has 1 aromatic carbocycles. The maximum atomic E-state index is 4.01. The van der Waals surface area contributed by atoms with E-state index in [1.807, 2.05) is 0 Å². The summed E-state index contributed by atoms with van der Waals surface area (Å²) in [4.78, 5) is 0. The van der Waals surface area contributed by atoms with Crippen molar-refractivity contribution < 1.29 is 0 Å². The third kappa shape index (κ3) is 6.36. The first kappa shape index (κ1) is 22.9. The molecule has 0 radical (unpaired) electrons. The average Bonchev–Trinajstić information content (AvgIpc) is 2.84. The molecule has 0 aromatic heterocycles. The Bertz CT molecular complexity index is 671. The Morgan fingerprint density at radius 3 is 1.65 bits per heavy atom. The van der Waals surface area contributed by atoms with Gasteiger partial charge in [0.1, 0.15) is 0 Å². The van der Waals surface area contributed by atoms with E-state index in [4.69, 9.17) is 0 Å². The minimum absolute atomic E-state index is 0.798. The smallest absolute Gasteiger partial charge is 0.0162 e. The van der Waals surface area contributed by atoms with Crippen molar-refractivity contribution in [3.05, 3.63) is 60.2 Å². The highest BCUT2D eigenvalue weighted by molar-refractivity contribution is 5.26. The van der Waals surface area contributed by atoms with Gasteiger partial charge in [-0.15, -0.1) is 6.58 Å². The van der Waals surface area contributed by atoms with Crippen molar-refractivity contribution in [3.8, 4) is 0 Å². The van der Waals surface area contributed by atoms with Crippen LogP contribution in [0.2, 0.25) is 0 Å². The molecule has 0 bridgehead atoms. The van der Waals surface area contributed by atoms with Gasteiger partial charge in [0.2, 0.25) is 0 Å². The summed E-state index contributed by atoms with van der Waals surface area (Å²) < 4.78 is 0. The van der Waals surface area contributed by atoms with E-state index in [0.717, 1.165) is 35.5 Å². The molecule has 0 aliphatic heterocycles. The molecular formula is C31H46. The highest BCUT2D eigenvalue weighted by atomic mass is 14.3. The highest BCUT2D eigenvalue weighted by Gasteiger charge is 2.30. The summed E-state index contributed by atoms with van der Waals surface area (Å²) in [5.41, 5.74) is 3.09. The van der Waals surface area contributed by atoms with Gasteiger partial charge < -0.3 is 0 Å². The first-order valence-corrected chi connectivity index (χ1v) is 13.6. The zero-order valence-corrected chi connectivity index (χ0v) is 20.1. The fraction of sp³-hybridized carbons (Fsp3) is 0.677. The van der Waals surface area contributed by atoms with Crippen LogP contribution in [-0.2, 0) is 6.42 Å². The molecule has 3 saturated carbocycles. The van der Waals surface area contributed by atoms with Crippen molar-refractivity contribution in [2.24, 2.45) is 29.6 Å². The lowest BCUT2D eigenvalue weighted by Crippen LogP contribution is -2.25. The van der Waals surface area contributed by atoms with E-state index in [1.165, 1.54) is 95.5 Å². The van der Waals surface area contributed by atoms with E-state index in [9.17, 15) is 0 Å². The van der Waals surface area contributed by atoms with Crippen molar-refractivity contribution in [1.82, 2.24) is 0 Å². The number of hydrogen-bond acceptors (Lipinski definition) is 0. The Morgan fingerprint density at radius 1 is 0.677 bits per heavy atom.